The molecule has 5 nitrogen and oxygen atoms in total. The van der Waals surface area contributed by atoms with Crippen molar-refractivity contribution in [1.82, 2.24) is 14.7 Å². The summed E-state index contributed by atoms with van der Waals surface area (Å²) >= 11 is 3.36. The van der Waals surface area contributed by atoms with Gasteiger partial charge in [-0.15, -0.1) is 0 Å². The number of hydrogen-bond acceptors (Lipinski definition) is 4. The fourth-order valence-corrected chi connectivity index (χ4v) is 3.31. The predicted molar refractivity (Wildman–Crippen MR) is 89.8 cm³/mol. The van der Waals surface area contributed by atoms with Crippen LogP contribution < -0.4 is 10.9 Å². The number of rotatable bonds is 6. The topological polar surface area (TPSA) is 50.2 Å². The first-order valence-electron chi connectivity index (χ1n) is 7.83. The van der Waals surface area contributed by atoms with Gasteiger partial charge in [0.1, 0.15) is 4.47 Å². The van der Waals surface area contributed by atoms with Crippen molar-refractivity contribution >= 4 is 21.6 Å². The molecule has 118 valence electrons. The van der Waals surface area contributed by atoms with Crippen LogP contribution in [0.15, 0.2) is 15.5 Å². The first-order valence-corrected chi connectivity index (χ1v) is 8.62. The molecular weight excluding hydrogens is 332 g/mol. The highest BCUT2D eigenvalue weighted by Crippen LogP contribution is 2.20. The maximum Gasteiger partial charge on any atom is 0.282 e. The Hall–Kier alpha value is -0.880. The average molecular weight is 357 g/mol. The fourth-order valence-electron chi connectivity index (χ4n) is 2.81. The van der Waals surface area contributed by atoms with Gasteiger partial charge in [0.05, 0.1) is 11.9 Å². The lowest BCUT2D eigenvalue weighted by molar-refractivity contribution is 0.154. The van der Waals surface area contributed by atoms with Crippen molar-refractivity contribution in [1.29, 1.82) is 0 Å². The molecule has 1 atom stereocenters. The van der Waals surface area contributed by atoms with Crippen LogP contribution >= 0.6 is 15.9 Å². The van der Waals surface area contributed by atoms with E-state index in [1.807, 2.05) is 0 Å². The minimum atomic E-state index is -0.105. The van der Waals surface area contributed by atoms with Gasteiger partial charge in [-0.2, -0.15) is 5.10 Å². The molecule has 0 saturated carbocycles. The second-order valence-electron chi connectivity index (χ2n) is 5.72. The molecule has 0 bridgehead atoms. The van der Waals surface area contributed by atoms with Crippen molar-refractivity contribution in [3.05, 3.63) is 21.0 Å². The van der Waals surface area contributed by atoms with Crippen LogP contribution in [0.1, 0.15) is 39.0 Å². The van der Waals surface area contributed by atoms with E-state index in [1.165, 1.54) is 49.9 Å². The van der Waals surface area contributed by atoms with Gasteiger partial charge in [-0.3, -0.25) is 9.69 Å². The summed E-state index contributed by atoms with van der Waals surface area (Å²) in [6.07, 6.45) is 8.04. The van der Waals surface area contributed by atoms with Crippen molar-refractivity contribution < 1.29 is 0 Å². The predicted octanol–water partition coefficient (Wildman–Crippen LogP) is 2.61. The number of aromatic nitrogens is 2. The number of nitrogens with one attached hydrogen (secondary N) is 1. The van der Waals surface area contributed by atoms with E-state index in [2.05, 4.69) is 38.2 Å². The summed E-state index contributed by atoms with van der Waals surface area (Å²) in [7, 11) is 1.66. The van der Waals surface area contributed by atoms with Crippen LogP contribution in [0.3, 0.4) is 0 Å². The molecule has 1 aromatic rings. The minimum Gasteiger partial charge on any atom is -0.381 e. The second-order valence-corrected chi connectivity index (χ2v) is 6.51. The van der Waals surface area contributed by atoms with Gasteiger partial charge >= 0.3 is 0 Å². The Kier molecular flexibility index (Phi) is 6.23. The Morgan fingerprint density at radius 2 is 2.29 bits per heavy atom. The quantitative estimate of drug-likeness (QED) is 0.850. The lowest BCUT2D eigenvalue weighted by atomic mass is 10.0. The normalized spacial score (nSPS) is 19.7. The van der Waals surface area contributed by atoms with Gasteiger partial charge in [-0.05, 0) is 48.3 Å². The number of anilines is 1. The number of likely N-dealkylation sites (tertiary alicyclic amines) is 1. The number of halogens is 1. The number of piperidine rings is 1. The standard InChI is InChI=1S/C15H25BrN4O/c1-3-4-8-20-9-6-5-7-12(20)10-17-13-11-18-19(2)15(21)14(13)16/h11-12,17H,3-10H2,1-2H3. The van der Waals surface area contributed by atoms with E-state index in [1.54, 1.807) is 13.2 Å². The van der Waals surface area contributed by atoms with Gasteiger partial charge < -0.3 is 5.32 Å². The molecule has 0 aliphatic carbocycles. The highest BCUT2D eigenvalue weighted by Gasteiger charge is 2.21. The summed E-state index contributed by atoms with van der Waals surface area (Å²) in [5.74, 6) is 0. The Morgan fingerprint density at radius 3 is 3.05 bits per heavy atom. The van der Waals surface area contributed by atoms with Crippen molar-refractivity contribution in [3.8, 4) is 0 Å². The molecule has 2 heterocycles. The van der Waals surface area contributed by atoms with Gasteiger partial charge in [0.25, 0.3) is 5.56 Å². The van der Waals surface area contributed by atoms with E-state index in [-0.39, 0.29) is 5.56 Å². The summed E-state index contributed by atoms with van der Waals surface area (Å²) < 4.78 is 1.90. The first kappa shape index (κ1) is 16.5. The van der Waals surface area contributed by atoms with E-state index in [0.29, 0.717) is 10.5 Å². The van der Waals surface area contributed by atoms with Crippen LogP contribution in [0.5, 0.6) is 0 Å². The number of aryl methyl sites for hydroxylation is 1. The molecule has 1 saturated heterocycles. The second kappa shape index (κ2) is 7.94. The third-order valence-electron chi connectivity index (χ3n) is 4.15. The molecule has 1 unspecified atom stereocenters. The zero-order valence-electron chi connectivity index (χ0n) is 12.9. The van der Waals surface area contributed by atoms with E-state index < -0.39 is 0 Å². The Labute approximate surface area is 134 Å². The van der Waals surface area contributed by atoms with E-state index in [9.17, 15) is 4.79 Å². The molecule has 21 heavy (non-hydrogen) atoms. The molecule has 0 spiro atoms. The van der Waals surface area contributed by atoms with E-state index >= 15 is 0 Å². The fraction of sp³-hybridized carbons (Fsp3) is 0.733. The van der Waals surface area contributed by atoms with Crippen LogP contribution in [-0.4, -0.2) is 40.4 Å². The molecule has 0 aromatic carbocycles. The molecule has 1 aromatic heterocycles. The molecule has 0 radical (unpaired) electrons. The lowest BCUT2D eigenvalue weighted by Crippen LogP contribution is -2.44. The highest BCUT2D eigenvalue weighted by molar-refractivity contribution is 9.10. The van der Waals surface area contributed by atoms with E-state index in [0.717, 1.165) is 12.2 Å². The maximum atomic E-state index is 11.8. The molecule has 1 fully saturated rings. The minimum absolute atomic E-state index is 0.105. The number of hydrogen-bond donors (Lipinski definition) is 1. The smallest absolute Gasteiger partial charge is 0.282 e. The van der Waals surface area contributed by atoms with Crippen LogP contribution in [0.2, 0.25) is 0 Å². The molecule has 1 aliphatic rings. The number of unbranched alkanes of at least 4 members (excludes halogenated alkanes) is 1. The Morgan fingerprint density at radius 1 is 1.48 bits per heavy atom. The summed E-state index contributed by atoms with van der Waals surface area (Å²) in [5.41, 5.74) is 0.686. The van der Waals surface area contributed by atoms with Crippen LogP contribution in [0.25, 0.3) is 0 Å². The lowest BCUT2D eigenvalue weighted by Gasteiger charge is -2.36. The largest absolute Gasteiger partial charge is 0.381 e. The average Bonchev–Trinajstić information content (AvgIpc) is 2.51. The summed E-state index contributed by atoms with van der Waals surface area (Å²) in [4.78, 5) is 14.4. The summed E-state index contributed by atoms with van der Waals surface area (Å²) in [6.45, 7) is 5.48. The van der Waals surface area contributed by atoms with Crippen LogP contribution in [0.4, 0.5) is 5.69 Å². The van der Waals surface area contributed by atoms with Crippen molar-refractivity contribution in [2.45, 2.75) is 45.1 Å². The Balaban J connectivity index is 1.97. The maximum absolute atomic E-state index is 11.8. The first-order chi connectivity index (χ1) is 10.1. The summed E-state index contributed by atoms with van der Waals surface area (Å²) in [5, 5.41) is 7.46. The molecule has 2 rings (SSSR count). The third-order valence-corrected chi connectivity index (χ3v) is 4.92. The molecule has 1 N–H and O–H groups in total. The van der Waals surface area contributed by atoms with Crippen LogP contribution in [-0.2, 0) is 7.05 Å². The monoisotopic (exact) mass is 356 g/mol. The van der Waals surface area contributed by atoms with Gasteiger partial charge in [0, 0.05) is 19.6 Å². The summed E-state index contributed by atoms with van der Waals surface area (Å²) in [6, 6.07) is 0.557. The van der Waals surface area contributed by atoms with Crippen LogP contribution in [0, 0.1) is 0 Å². The molecular formula is C15H25BrN4O. The van der Waals surface area contributed by atoms with Gasteiger partial charge in [-0.1, -0.05) is 19.8 Å². The van der Waals surface area contributed by atoms with E-state index in [4.69, 9.17) is 0 Å². The zero-order valence-corrected chi connectivity index (χ0v) is 14.5. The number of nitrogens with zero attached hydrogens (tertiary/aromatic N) is 3. The van der Waals surface area contributed by atoms with Crippen molar-refractivity contribution in [2.24, 2.45) is 7.05 Å². The van der Waals surface area contributed by atoms with Crippen molar-refractivity contribution in [2.75, 3.05) is 25.0 Å². The third kappa shape index (κ3) is 4.30. The van der Waals surface area contributed by atoms with Crippen molar-refractivity contribution in [3.63, 3.8) is 0 Å². The molecule has 6 heteroatoms. The SMILES string of the molecule is CCCCN1CCCCC1CNc1cnn(C)c(=O)c1Br. The zero-order chi connectivity index (χ0) is 15.2. The van der Waals surface area contributed by atoms with Gasteiger partial charge in [-0.25, -0.2) is 4.68 Å². The van der Waals surface area contributed by atoms with Gasteiger partial charge in [0.15, 0.2) is 0 Å². The molecule has 0 amide bonds. The Bertz CT molecular complexity index is 517. The molecule has 1 aliphatic heterocycles. The van der Waals surface area contributed by atoms with Gasteiger partial charge in [0.2, 0.25) is 0 Å². The highest BCUT2D eigenvalue weighted by atomic mass is 79.9.